The lowest BCUT2D eigenvalue weighted by Gasteiger charge is -2.31. The van der Waals surface area contributed by atoms with E-state index in [0.29, 0.717) is 62.6 Å². The molecule has 2 rings (SSSR count). The highest BCUT2D eigenvalue weighted by atomic mass is 32.1. The quantitative estimate of drug-likeness (QED) is 0.0593. The van der Waals surface area contributed by atoms with Gasteiger partial charge >= 0.3 is 0 Å². The van der Waals surface area contributed by atoms with Crippen LogP contribution in [0, 0.1) is 49.7 Å². The third-order valence-electron chi connectivity index (χ3n) is 10.4. The van der Waals surface area contributed by atoms with Crippen molar-refractivity contribution in [3.05, 3.63) is 45.9 Å². The van der Waals surface area contributed by atoms with Crippen LogP contribution in [-0.2, 0) is 0 Å². The van der Waals surface area contributed by atoms with E-state index in [9.17, 15) is 10.4 Å². The molecule has 2 aromatic heterocycles. The average Bonchev–Trinajstić information content (AvgIpc) is 3.06. The molecule has 0 aliphatic carbocycles. The summed E-state index contributed by atoms with van der Waals surface area (Å²) < 4.78 is 14.5. The summed E-state index contributed by atoms with van der Waals surface area (Å²) in [6.07, 6.45) is 23.7. The molecular formula is C46H82N2O4S2. The summed E-state index contributed by atoms with van der Waals surface area (Å²) in [6, 6.07) is 7.18. The maximum atomic E-state index is 9.74. The number of hydrogen-bond donors (Lipinski definition) is 2. The van der Waals surface area contributed by atoms with Crippen LogP contribution in [0.2, 0.25) is 0 Å². The van der Waals surface area contributed by atoms with Crippen molar-refractivity contribution in [2.24, 2.45) is 40.4 Å². The molecule has 2 aromatic rings. The number of unbranched alkanes of at least 4 members (excludes halogenated alkanes) is 6. The van der Waals surface area contributed by atoms with Crippen LogP contribution in [0.4, 0.5) is 0 Å². The van der Waals surface area contributed by atoms with Gasteiger partial charge in [-0.25, -0.2) is 0 Å². The number of aromatic nitrogens is 2. The van der Waals surface area contributed by atoms with Crippen molar-refractivity contribution in [2.45, 2.75) is 179 Å². The fourth-order valence-electron chi connectivity index (χ4n) is 7.62. The van der Waals surface area contributed by atoms with Gasteiger partial charge in [-0.3, -0.25) is 0 Å². The van der Waals surface area contributed by atoms with Crippen molar-refractivity contribution in [3.8, 4) is 11.5 Å². The lowest BCUT2D eigenvalue weighted by atomic mass is 9.76. The van der Waals surface area contributed by atoms with E-state index in [0.717, 1.165) is 34.1 Å². The van der Waals surface area contributed by atoms with Gasteiger partial charge < -0.3 is 19.9 Å². The fourth-order valence-corrected chi connectivity index (χ4v) is 8.00. The Kier molecular flexibility index (Phi) is 24.7. The van der Waals surface area contributed by atoms with Crippen molar-refractivity contribution in [1.29, 1.82) is 0 Å². The van der Waals surface area contributed by atoms with Crippen LogP contribution >= 0.6 is 24.4 Å². The molecule has 0 aliphatic heterocycles. The van der Waals surface area contributed by atoms with E-state index in [1.165, 1.54) is 102 Å². The maximum Gasteiger partial charge on any atom is 0.184 e. The van der Waals surface area contributed by atoms with Gasteiger partial charge in [0.05, 0.1) is 13.2 Å². The molecule has 54 heavy (non-hydrogen) atoms. The van der Waals surface area contributed by atoms with Crippen LogP contribution in [-0.4, -0.2) is 33.1 Å². The molecule has 0 aromatic carbocycles. The highest BCUT2D eigenvalue weighted by Gasteiger charge is 2.25. The van der Waals surface area contributed by atoms with Crippen LogP contribution < -0.4 is 9.47 Å². The van der Waals surface area contributed by atoms with Crippen molar-refractivity contribution in [3.63, 3.8) is 0 Å². The molecule has 0 amide bonds. The molecule has 8 heteroatoms. The molecule has 0 fully saturated rings. The first-order valence-electron chi connectivity index (χ1n) is 21.4. The van der Waals surface area contributed by atoms with E-state index in [2.05, 4.69) is 76.2 Å². The van der Waals surface area contributed by atoms with E-state index < -0.39 is 0 Å². The second kappa shape index (κ2) is 26.7. The summed E-state index contributed by atoms with van der Waals surface area (Å²) in [6.45, 7) is 26.8. The molecule has 6 nitrogen and oxygen atoms in total. The molecule has 2 heterocycles. The first kappa shape index (κ1) is 50.0. The summed E-state index contributed by atoms with van der Waals surface area (Å²) in [4.78, 5) is 0. The Morgan fingerprint density at radius 2 is 1.13 bits per heavy atom. The molecule has 4 unspecified atom stereocenters. The zero-order valence-electron chi connectivity index (χ0n) is 36.5. The van der Waals surface area contributed by atoms with E-state index in [4.69, 9.17) is 33.9 Å². The molecule has 0 radical (unpaired) electrons. The average molecular weight is 791 g/mol. The van der Waals surface area contributed by atoms with Crippen LogP contribution in [0.25, 0.3) is 0 Å². The SMILES string of the molecule is CC(CCC(COc1cccn(O)c1=S)C(C)CC(C)(C)C)CC(C)(C)C.CCCCCCCC(CCCCCC(C)C)CCOc1cccn(O)c1=S. The summed E-state index contributed by atoms with van der Waals surface area (Å²) in [5.41, 5.74) is 0.678. The van der Waals surface area contributed by atoms with Crippen LogP contribution in [0.15, 0.2) is 36.7 Å². The highest BCUT2D eigenvalue weighted by molar-refractivity contribution is 7.71. The summed E-state index contributed by atoms with van der Waals surface area (Å²) >= 11 is 10.4. The van der Waals surface area contributed by atoms with Crippen molar-refractivity contribution in [1.82, 2.24) is 9.46 Å². The summed E-state index contributed by atoms with van der Waals surface area (Å²) in [5.74, 6) is 4.52. The Labute approximate surface area is 342 Å². The summed E-state index contributed by atoms with van der Waals surface area (Å²) in [7, 11) is 0. The minimum atomic E-state index is 0.304. The molecule has 0 spiro atoms. The molecular weight excluding hydrogens is 709 g/mol. The maximum absolute atomic E-state index is 9.74. The fraction of sp³-hybridized carbons (Fsp3) is 0.783. The zero-order valence-corrected chi connectivity index (χ0v) is 38.1. The third-order valence-corrected chi connectivity index (χ3v) is 11.1. The van der Waals surface area contributed by atoms with Gasteiger partial charge in [0.2, 0.25) is 0 Å². The van der Waals surface area contributed by atoms with Crippen LogP contribution in [0.1, 0.15) is 179 Å². The Hall–Kier alpha value is -2.06. The molecule has 4 atom stereocenters. The molecule has 0 saturated carbocycles. The largest absolute Gasteiger partial charge is 0.490 e. The standard InChI is InChI=1S/2C23H41NO2S/c1-17(14-22(3,4)5)11-12-19(18(2)15-23(6,7)8)16-26-20-10-9-13-24(25)21(20)27;1-4-5-6-7-10-14-21(15-11-8-9-13-20(2)3)17-19-26-22-16-12-18-24(25)23(22)27/h9-10,13,17-19,25H,11-12,14-16H2,1-8H3;12,16,18,20-21,25H,4-11,13-15,17,19H2,1-3H3. The monoisotopic (exact) mass is 791 g/mol. The molecule has 2 N–H and O–H groups in total. The Morgan fingerprint density at radius 1 is 0.630 bits per heavy atom. The number of nitrogens with zero attached hydrogens (tertiary/aromatic N) is 2. The number of rotatable bonds is 25. The topological polar surface area (TPSA) is 68.8 Å². The van der Waals surface area contributed by atoms with Gasteiger partial charge in [-0.05, 0) is 90.4 Å². The summed E-state index contributed by atoms with van der Waals surface area (Å²) in [5, 5.41) is 19.4. The Bertz CT molecular complexity index is 1370. The van der Waals surface area contributed by atoms with E-state index in [1.807, 2.05) is 12.1 Å². The highest BCUT2D eigenvalue weighted by Crippen LogP contribution is 2.34. The molecule has 0 aliphatic rings. The van der Waals surface area contributed by atoms with Crippen molar-refractivity contribution < 1.29 is 19.9 Å². The van der Waals surface area contributed by atoms with Gasteiger partial charge in [0, 0.05) is 12.4 Å². The van der Waals surface area contributed by atoms with Gasteiger partial charge in [0.1, 0.15) is 0 Å². The van der Waals surface area contributed by atoms with Crippen LogP contribution in [0.5, 0.6) is 11.5 Å². The molecule has 0 saturated heterocycles. The normalized spacial score (nSPS) is 14.2. The van der Waals surface area contributed by atoms with Crippen molar-refractivity contribution in [2.75, 3.05) is 13.2 Å². The smallest absolute Gasteiger partial charge is 0.184 e. The lowest BCUT2D eigenvalue weighted by Crippen LogP contribution is -2.25. The predicted molar refractivity (Wildman–Crippen MR) is 234 cm³/mol. The first-order valence-corrected chi connectivity index (χ1v) is 22.2. The van der Waals surface area contributed by atoms with E-state index in [1.54, 1.807) is 12.1 Å². The number of hydrogen-bond acceptors (Lipinski definition) is 6. The number of ether oxygens (including phenoxy) is 2. The third kappa shape index (κ3) is 23.8. The minimum absolute atomic E-state index is 0.304. The Balaban J connectivity index is 0.000000540. The van der Waals surface area contributed by atoms with Crippen LogP contribution in [0.3, 0.4) is 0 Å². The van der Waals surface area contributed by atoms with Gasteiger partial charge in [0.25, 0.3) is 0 Å². The first-order chi connectivity index (χ1) is 25.3. The van der Waals surface area contributed by atoms with Gasteiger partial charge in [0.15, 0.2) is 20.8 Å². The minimum Gasteiger partial charge on any atom is -0.490 e. The van der Waals surface area contributed by atoms with E-state index in [-0.39, 0.29) is 0 Å². The van der Waals surface area contributed by atoms with Gasteiger partial charge in [-0.15, -0.1) is 0 Å². The molecule has 312 valence electrons. The molecule has 0 bridgehead atoms. The van der Waals surface area contributed by atoms with E-state index >= 15 is 0 Å². The second-order valence-corrected chi connectivity index (χ2v) is 19.8. The van der Waals surface area contributed by atoms with Crippen molar-refractivity contribution >= 4 is 24.4 Å². The second-order valence-electron chi connectivity index (χ2n) is 19.0. The number of pyridine rings is 2. The van der Waals surface area contributed by atoms with Gasteiger partial charge in [-0.2, -0.15) is 9.46 Å². The van der Waals surface area contributed by atoms with Gasteiger partial charge in [-0.1, -0.05) is 178 Å². The zero-order chi connectivity index (χ0) is 40.7. The predicted octanol–water partition coefficient (Wildman–Crippen LogP) is 15.2. The Morgan fingerprint density at radius 3 is 1.65 bits per heavy atom. The lowest BCUT2D eigenvalue weighted by molar-refractivity contribution is 0.140.